The van der Waals surface area contributed by atoms with E-state index in [2.05, 4.69) is 18.7 Å². The van der Waals surface area contributed by atoms with Crippen molar-refractivity contribution in [2.45, 2.75) is 44.9 Å². The van der Waals surface area contributed by atoms with Gasteiger partial charge in [-0.25, -0.2) is 0 Å². The number of hydrogen-bond donors (Lipinski definition) is 0. The maximum atomic E-state index is 12.0. The first kappa shape index (κ1) is 13.4. The number of amides is 1. The molecule has 2 aliphatic carbocycles. The van der Waals surface area contributed by atoms with E-state index in [9.17, 15) is 4.79 Å². The minimum atomic E-state index is 0.313. The summed E-state index contributed by atoms with van der Waals surface area (Å²) in [7, 11) is 0. The summed E-state index contributed by atoms with van der Waals surface area (Å²) >= 11 is 0. The largest absolute Gasteiger partial charge is 0.335 e. The van der Waals surface area contributed by atoms with E-state index in [4.69, 9.17) is 0 Å². The minimum absolute atomic E-state index is 0.313. The molecule has 0 radical (unpaired) electrons. The minimum Gasteiger partial charge on any atom is -0.335 e. The molecule has 100 valence electrons. The molecule has 0 aromatic heterocycles. The van der Waals surface area contributed by atoms with E-state index in [0.29, 0.717) is 18.4 Å². The molecule has 0 saturated heterocycles. The van der Waals surface area contributed by atoms with Crippen LogP contribution in [-0.4, -0.2) is 23.9 Å². The molecule has 0 heterocycles. The summed E-state index contributed by atoms with van der Waals surface area (Å²) in [6.45, 7) is 5.19. The Balaban J connectivity index is 1.78. The van der Waals surface area contributed by atoms with Crippen molar-refractivity contribution in [2.24, 2.45) is 11.8 Å². The third-order valence-electron chi connectivity index (χ3n) is 3.97. The molecule has 2 nitrogen and oxygen atoms in total. The predicted octanol–water partition coefficient (Wildman–Crippen LogP) is 3.55. The number of carbonyl (C=O) groups is 1. The van der Waals surface area contributed by atoms with Crippen LogP contribution in [0.5, 0.6) is 0 Å². The molecule has 2 saturated carbocycles. The molecule has 2 heteroatoms. The fourth-order valence-electron chi connectivity index (χ4n) is 2.71. The average Bonchev–Trinajstić information content (AvgIpc) is 3.22. The van der Waals surface area contributed by atoms with Gasteiger partial charge in [0.1, 0.15) is 0 Å². The van der Waals surface area contributed by atoms with Gasteiger partial charge in [0, 0.05) is 19.0 Å². The van der Waals surface area contributed by atoms with Gasteiger partial charge in [-0.2, -0.15) is 0 Å². The topological polar surface area (TPSA) is 20.3 Å². The van der Waals surface area contributed by atoms with Gasteiger partial charge in [0.05, 0.1) is 0 Å². The van der Waals surface area contributed by atoms with Crippen molar-refractivity contribution in [1.82, 2.24) is 4.90 Å². The highest BCUT2D eigenvalue weighted by molar-refractivity contribution is 5.81. The van der Waals surface area contributed by atoms with Crippen LogP contribution in [-0.2, 0) is 4.79 Å². The highest BCUT2D eigenvalue weighted by atomic mass is 16.2. The molecule has 0 aromatic rings. The van der Waals surface area contributed by atoms with E-state index >= 15 is 0 Å². The lowest BCUT2D eigenvalue weighted by molar-refractivity contribution is -0.131. The Morgan fingerprint density at radius 1 is 1.11 bits per heavy atom. The quantitative estimate of drug-likeness (QED) is 0.657. The normalized spacial score (nSPS) is 21.1. The van der Waals surface area contributed by atoms with Gasteiger partial charge in [-0.05, 0) is 31.6 Å². The molecule has 0 N–H and O–H groups in total. The van der Waals surface area contributed by atoms with Crippen molar-refractivity contribution in [2.75, 3.05) is 13.1 Å². The van der Waals surface area contributed by atoms with Crippen LogP contribution in [0, 0.1) is 11.8 Å². The van der Waals surface area contributed by atoms with Crippen molar-refractivity contribution in [3.05, 3.63) is 24.8 Å². The van der Waals surface area contributed by atoms with Crippen LogP contribution in [0.3, 0.4) is 0 Å². The molecular formula is C16H25NO. The van der Waals surface area contributed by atoms with Crippen LogP contribution in [0.15, 0.2) is 24.8 Å². The second-order valence-corrected chi connectivity index (χ2v) is 5.63. The Kier molecular flexibility index (Phi) is 5.03. The Morgan fingerprint density at radius 2 is 1.83 bits per heavy atom. The van der Waals surface area contributed by atoms with Crippen molar-refractivity contribution in [1.29, 1.82) is 0 Å². The SMILES string of the molecule is C=CCN(C/C=C\C1CCCCC1)C(=O)C1CC1. The number of rotatable bonds is 6. The molecule has 2 rings (SSSR count). The number of allylic oxidation sites excluding steroid dienone is 1. The van der Waals surface area contributed by atoms with Gasteiger partial charge < -0.3 is 4.90 Å². The highest BCUT2D eigenvalue weighted by Gasteiger charge is 2.32. The zero-order chi connectivity index (χ0) is 12.8. The van der Waals surface area contributed by atoms with Crippen molar-refractivity contribution >= 4 is 5.91 Å². The molecular weight excluding hydrogens is 222 g/mol. The second kappa shape index (κ2) is 6.77. The first-order valence-electron chi connectivity index (χ1n) is 7.37. The van der Waals surface area contributed by atoms with Crippen LogP contribution in [0.1, 0.15) is 44.9 Å². The van der Waals surface area contributed by atoms with Gasteiger partial charge in [-0.1, -0.05) is 37.5 Å². The molecule has 1 amide bonds. The predicted molar refractivity (Wildman–Crippen MR) is 75.2 cm³/mol. The lowest BCUT2D eigenvalue weighted by Crippen LogP contribution is -2.32. The molecule has 2 fully saturated rings. The molecule has 0 aliphatic heterocycles. The van der Waals surface area contributed by atoms with Gasteiger partial charge in [-0.3, -0.25) is 4.79 Å². The lowest BCUT2D eigenvalue weighted by atomic mass is 9.89. The summed E-state index contributed by atoms with van der Waals surface area (Å²) in [6, 6.07) is 0. The second-order valence-electron chi connectivity index (χ2n) is 5.63. The number of nitrogens with zero attached hydrogens (tertiary/aromatic N) is 1. The molecule has 2 aliphatic rings. The molecule has 0 aromatic carbocycles. The van der Waals surface area contributed by atoms with Crippen LogP contribution >= 0.6 is 0 Å². The first-order chi connectivity index (χ1) is 8.81. The lowest BCUT2D eigenvalue weighted by Gasteiger charge is -2.21. The van der Waals surface area contributed by atoms with Crippen molar-refractivity contribution < 1.29 is 4.79 Å². The average molecular weight is 247 g/mol. The van der Waals surface area contributed by atoms with Gasteiger partial charge in [0.15, 0.2) is 0 Å². The molecule has 0 spiro atoms. The zero-order valence-corrected chi connectivity index (χ0v) is 11.3. The van der Waals surface area contributed by atoms with E-state index in [1.165, 1.54) is 32.1 Å². The van der Waals surface area contributed by atoms with Crippen LogP contribution in [0.25, 0.3) is 0 Å². The summed E-state index contributed by atoms with van der Waals surface area (Å²) in [5.41, 5.74) is 0. The van der Waals surface area contributed by atoms with E-state index in [-0.39, 0.29) is 0 Å². The van der Waals surface area contributed by atoms with Crippen molar-refractivity contribution in [3.8, 4) is 0 Å². The summed E-state index contributed by atoms with van der Waals surface area (Å²) in [5.74, 6) is 1.39. The Labute approximate surface area is 111 Å². The van der Waals surface area contributed by atoms with Gasteiger partial charge in [0.2, 0.25) is 5.91 Å². The molecule has 0 atom stereocenters. The monoisotopic (exact) mass is 247 g/mol. The van der Waals surface area contributed by atoms with Gasteiger partial charge in [0.25, 0.3) is 0 Å². The molecule has 0 bridgehead atoms. The van der Waals surface area contributed by atoms with Gasteiger partial charge in [-0.15, -0.1) is 6.58 Å². The summed E-state index contributed by atoms with van der Waals surface area (Å²) < 4.78 is 0. The standard InChI is InChI=1S/C16H25NO/c1-2-12-17(16(18)15-10-11-15)13-6-9-14-7-4-3-5-8-14/h2,6,9,14-15H,1,3-5,7-8,10-13H2/b9-6-. The van der Waals surface area contributed by atoms with Crippen LogP contribution in [0.4, 0.5) is 0 Å². The zero-order valence-electron chi connectivity index (χ0n) is 11.3. The van der Waals surface area contributed by atoms with E-state index in [1.807, 2.05) is 11.0 Å². The van der Waals surface area contributed by atoms with E-state index in [0.717, 1.165) is 25.3 Å². The first-order valence-corrected chi connectivity index (χ1v) is 7.37. The van der Waals surface area contributed by atoms with Crippen LogP contribution in [0.2, 0.25) is 0 Å². The summed E-state index contributed by atoms with van der Waals surface area (Å²) in [4.78, 5) is 14.0. The number of carbonyl (C=O) groups excluding carboxylic acids is 1. The third-order valence-corrected chi connectivity index (χ3v) is 3.97. The Bertz CT molecular complexity index is 311. The van der Waals surface area contributed by atoms with E-state index < -0.39 is 0 Å². The van der Waals surface area contributed by atoms with E-state index in [1.54, 1.807) is 0 Å². The molecule has 0 unspecified atom stereocenters. The Hall–Kier alpha value is -1.05. The fraction of sp³-hybridized carbons (Fsp3) is 0.688. The molecule has 18 heavy (non-hydrogen) atoms. The summed E-state index contributed by atoms with van der Waals surface area (Å²) in [6.07, 6.45) is 15.3. The smallest absolute Gasteiger partial charge is 0.226 e. The number of hydrogen-bond acceptors (Lipinski definition) is 1. The van der Waals surface area contributed by atoms with Crippen LogP contribution < -0.4 is 0 Å². The highest BCUT2D eigenvalue weighted by Crippen LogP contribution is 2.31. The maximum Gasteiger partial charge on any atom is 0.226 e. The van der Waals surface area contributed by atoms with Gasteiger partial charge >= 0.3 is 0 Å². The Morgan fingerprint density at radius 3 is 2.44 bits per heavy atom. The maximum absolute atomic E-state index is 12.0. The fourth-order valence-corrected chi connectivity index (χ4v) is 2.71. The third kappa shape index (κ3) is 4.01. The summed E-state index contributed by atoms with van der Waals surface area (Å²) in [5, 5.41) is 0. The van der Waals surface area contributed by atoms with Crippen molar-refractivity contribution in [3.63, 3.8) is 0 Å².